The largest absolute Gasteiger partial charge is 0.465 e. The number of aliphatic hydroxyl groups is 1. The van der Waals surface area contributed by atoms with E-state index in [2.05, 4.69) is 19.7 Å². The highest BCUT2D eigenvalue weighted by molar-refractivity contribution is 5.86. The van der Waals surface area contributed by atoms with E-state index in [1.807, 2.05) is 0 Å². The van der Waals surface area contributed by atoms with Crippen molar-refractivity contribution in [1.82, 2.24) is 0 Å². The predicted molar refractivity (Wildman–Crippen MR) is 141 cm³/mol. The van der Waals surface area contributed by atoms with E-state index >= 15 is 0 Å². The van der Waals surface area contributed by atoms with Gasteiger partial charge >= 0.3 is 17.9 Å². The monoisotopic (exact) mass is 514 g/mol. The molecule has 0 radical (unpaired) electrons. The van der Waals surface area contributed by atoms with E-state index in [9.17, 15) is 19.5 Å². The van der Waals surface area contributed by atoms with Gasteiger partial charge in [-0.05, 0) is 59.5 Å². The zero-order valence-electron chi connectivity index (χ0n) is 20.5. The molecule has 1 unspecified atom stereocenters. The molecule has 0 aliphatic heterocycles. The quantitative estimate of drug-likeness (QED) is 0.156. The van der Waals surface area contributed by atoms with Gasteiger partial charge in [-0.25, -0.2) is 14.4 Å². The van der Waals surface area contributed by atoms with E-state index in [0.717, 1.165) is 29.4 Å². The minimum absolute atomic E-state index is 0.0465. The number of benzene rings is 3. The van der Waals surface area contributed by atoms with Crippen LogP contribution in [0, 0.1) is 0 Å². The van der Waals surface area contributed by atoms with Crippen molar-refractivity contribution < 1.29 is 38.4 Å². The van der Waals surface area contributed by atoms with E-state index in [1.54, 1.807) is 60.7 Å². The molecule has 8 heteroatoms. The minimum Gasteiger partial charge on any atom is -0.465 e. The molecule has 0 saturated carbocycles. The van der Waals surface area contributed by atoms with Gasteiger partial charge in [-0.2, -0.15) is 0 Å². The van der Waals surface area contributed by atoms with E-state index in [-0.39, 0.29) is 11.5 Å². The van der Waals surface area contributed by atoms with Crippen molar-refractivity contribution in [1.29, 1.82) is 0 Å². The first-order chi connectivity index (χ1) is 18.3. The lowest BCUT2D eigenvalue weighted by atomic mass is 10.0. The zero-order chi connectivity index (χ0) is 27.5. The average molecular weight is 515 g/mol. The fraction of sp³-hybridized carbons (Fsp3) is 0.100. The number of hydrogen-bond donors (Lipinski definition) is 1. The lowest BCUT2D eigenvalue weighted by molar-refractivity contribution is -0.131. The number of aliphatic hydroxyl groups excluding tert-OH is 1. The lowest BCUT2D eigenvalue weighted by Gasteiger charge is -2.14. The van der Waals surface area contributed by atoms with Crippen molar-refractivity contribution in [2.45, 2.75) is 19.1 Å². The van der Waals surface area contributed by atoms with Crippen molar-refractivity contribution in [3.05, 3.63) is 110 Å². The molecule has 0 amide bonds. The van der Waals surface area contributed by atoms with Gasteiger partial charge in [-0.3, -0.25) is 0 Å². The summed E-state index contributed by atoms with van der Waals surface area (Å²) in [5, 5.41) is 10.3. The van der Waals surface area contributed by atoms with Gasteiger partial charge in [0, 0.05) is 24.6 Å². The molecular weight excluding hydrogens is 488 g/mol. The lowest BCUT2D eigenvalue weighted by Crippen LogP contribution is -2.16. The molecule has 3 aromatic carbocycles. The van der Waals surface area contributed by atoms with Gasteiger partial charge in [0.1, 0.15) is 11.5 Å². The van der Waals surface area contributed by atoms with Gasteiger partial charge in [-0.1, -0.05) is 50.1 Å². The summed E-state index contributed by atoms with van der Waals surface area (Å²) in [4.78, 5) is 34.6. The maximum absolute atomic E-state index is 11.7. The molecule has 0 aliphatic carbocycles. The first kappa shape index (κ1) is 27.6. The highest BCUT2D eigenvalue weighted by Crippen LogP contribution is 2.34. The molecule has 0 fully saturated rings. The van der Waals surface area contributed by atoms with Crippen LogP contribution in [0.1, 0.15) is 12.0 Å². The molecular formula is C30H26O8. The van der Waals surface area contributed by atoms with Crippen LogP contribution in [0.2, 0.25) is 0 Å². The van der Waals surface area contributed by atoms with Crippen LogP contribution in [0.15, 0.2) is 105 Å². The predicted octanol–water partition coefficient (Wildman–Crippen LogP) is 4.96. The summed E-state index contributed by atoms with van der Waals surface area (Å²) < 4.78 is 21.0. The molecule has 194 valence electrons. The Hall–Kier alpha value is -4.95. The molecule has 8 nitrogen and oxygen atoms in total. The van der Waals surface area contributed by atoms with Crippen LogP contribution in [0.3, 0.4) is 0 Å². The second kappa shape index (κ2) is 13.4. The topological polar surface area (TPSA) is 108 Å². The van der Waals surface area contributed by atoms with Gasteiger partial charge in [0.15, 0.2) is 17.8 Å². The molecule has 0 aliphatic rings. The van der Waals surface area contributed by atoms with Crippen molar-refractivity contribution in [2.75, 3.05) is 0 Å². The Labute approximate surface area is 220 Å². The normalized spacial score (nSPS) is 11.0. The van der Waals surface area contributed by atoms with Crippen LogP contribution in [0.4, 0.5) is 0 Å². The summed E-state index contributed by atoms with van der Waals surface area (Å²) >= 11 is 0. The molecule has 0 saturated heterocycles. The molecule has 0 bridgehead atoms. The fourth-order valence-corrected chi connectivity index (χ4v) is 3.27. The smallest absolute Gasteiger partial charge is 0.335 e. The first-order valence-electron chi connectivity index (χ1n) is 11.5. The van der Waals surface area contributed by atoms with Crippen LogP contribution >= 0.6 is 0 Å². The number of hydrogen-bond acceptors (Lipinski definition) is 8. The molecule has 1 N–H and O–H groups in total. The van der Waals surface area contributed by atoms with Crippen molar-refractivity contribution in [3.8, 4) is 34.1 Å². The van der Waals surface area contributed by atoms with E-state index < -0.39 is 24.2 Å². The summed E-state index contributed by atoms with van der Waals surface area (Å²) in [5.41, 5.74) is 2.39. The van der Waals surface area contributed by atoms with Crippen molar-refractivity contribution >= 4 is 17.9 Å². The Morgan fingerprint density at radius 2 is 1.21 bits per heavy atom. The van der Waals surface area contributed by atoms with Crippen LogP contribution < -0.4 is 18.9 Å². The third-order valence-electron chi connectivity index (χ3n) is 5.15. The van der Waals surface area contributed by atoms with E-state index in [0.29, 0.717) is 29.9 Å². The number of aryl methyl sites for hydroxylation is 1. The number of esters is 3. The molecule has 0 heterocycles. The van der Waals surface area contributed by atoms with Crippen LogP contribution in [0.25, 0.3) is 11.1 Å². The van der Waals surface area contributed by atoms with Gasteiger partial charge < -0.3 is 24.1 Å². The average Bonchev–Trinajstić information content (AvgIpc) is 2.93. The number of rotatable bonds is 12. The number of carbonyl (C=O) groups excluding carboxylic acids is 3. The zero-order valence-corrected chi connectivity index (χ0v) is 20.5. The highest BCUT2D eigenvalue weighted by atomic mass is 16.6. The molecule has 0 spiro atoms. The maximum atomic E-state index is 11.7. The molecule has 0 aromatic heterocycles. The minimum atomic E-state index is -1.04. The second-order valence-electron chi connectivity index (χ2n) is 7.82. The Kier molecular flexibility index (Phi) is 9.73. The van der Waals surface area contributed by atoms with E-state index in [1.165, 1.54) is 6.07 Å². The number of ether oxygens (including phenoxy) is 4. The fourth-order valence-electron chi connectivity index (χ4n) is 3.27. The van der Waals surface area contributed by atoms with Gasteiger partial charge in [-0.15, -0.1) is 0 Å². The number of carbonyl (C=O) groups is 3. The van der Waals surface area contributed by atoms with E-state index in [4.69, 9.17) is 18.9 Å². The molecule has 1 atom stereocenters. The Morgan fingerprint density at radius 1 is 0.684 bits per heavy atom. The molecule has 3 rings (SSSR count). The van der Waals surface area contributed by atoms with Crippen LogP contribution in [-0.2, 0) is 20.8 Å². The summed E-state index contributed by atoms with van der Waals surface area (Å²) in [5.74, 6) is -0.955. The second-order valence-corrected chi connectivity index (χ2v) is 7.82. The summed E-state index contributed by atoms with van der Waals surface area (Å²) in [6.07, 6.45) is 2.94. The van der Waals surface area contributed by atoms with Gasteiger partial charge in [0.25, 0.3) is 0 Å². The standard InChI is InChI=1S/C30H26O8/c1-4-27(31)35-23-13-7-20(8-14-23)9-18-30(34)36-24-15-10-21(11-16-24)22-12-17-25(37-28(32)5-2)26(19-22)38-29(33)6-3/h4-8,10-17,19,30,34H,1-3,9,18H2. The highest BCUT2D eigenvalue weighted by Gasteiger charge is 2.14. The maximum Gasteiger partial charge on any atom is 0.335 e. The Morgan fingerprint density at radius 3 is 1.82 bits per heavy atom. The van der Waals surface area contributed by atoms with Crippen LogP contribution in [0.5, 0.6) is 23.0 Å². The third-order valence-corrected chi connectivity index (χ3v) is 5.15. The summed E-state index contributed by atoms with van der Waals surface area (Å²) in [6, 6.07) is 18.6. The van der Waals surface area contributed by atoms with Gasteiger partial charge in [0.2, 0.25) is 0 Å². The summed E-state index contributed by atoms with van der Waals surface area (Å²) in [7, 11) is 0. The van der Waals surface area contributed by atoms with Crippen molar-refractivity contribution in [2.24, 2.45) is 0 Å². The molecule has 3 aromatic rings. The van der Waals surface area contributed by atoms with Crippen LogP contribution in [-0.4, -0.2) is 29.3 Å². The molecule has 38 heavy (non-hydrogen) atoms. The van der Waals surface area contributed by atoms with Gasteiger partial charge in [0.05, 0.1) is 0 Å². The summed E-state index contributed by atoms with van der Waals surface area (Å²) in [6.45, 7) is 10.1. The third kappa shape index (κ3) is 8.04. The van der Waals surface area contributed by atoms with Crippen molar-refractivity contribution in [3.63, 3.8) is 0 Å². The first-order valence-corrected chi connectivity index (χ1v) is 11.5. The Bertz CT molecular complexity index is 1320. The Balaban J connectivity index is 1.62. The SMILES string of the molecule is C=CC(=O)Oc1ccc(CCC(O)Oc2ccc(-c3ccc(OC(=O)C=C)c(OC(=O)C=C)c3)cc2)cc1.